The number of carbonyl (C=O) groups is 2. The van der Waals surface area contributed by atoms with E-state index >= 15 is 0 Å². The van der Waals surface area contributed by atoms with E-state index < -0.39 is 0 Å². The zero-order valence-electron chi connectivity index (χ0n) is 23.0. The van der Waals surface area contributed by atoms with Crippen molar-refractivity contribution in [3.8, 4) is 0 Å². The lowest BCUT2D eigenvalue weighted by atomic mass is 10.2. The topological polar surface area (TPSA) is 99.5 Å². The minimum Gasteiger partial charge on any atom is -0.368 e. The maximum Gasteiger partial charge on any atom is 0.270 e. The SMILES string of the molecule is CN(C)C(=O)c1cc2cnc(Nc3ccc(N4CCN(c5ccc(C=O)cc5)CC4)cn3)nc2n1C1CCCC1. The third kappa shape index (κ3) is 5.09. The Bertz CT molecular complexity index is 1500. The molecule has 6 rings (SSSR count). The lowest BCUT2D eigenvalue weighted by Crippen LogP contribution is -2.46. The van der Waals surface area contributed by atoms with Gasteiger partial charge in [0.2, 0.25) is 5.95 Å². The fourth-order valence-corrected chi connectivity index (χ4v) is 5.74. The number of carbonyl (C=O) groups excluding carboxylic acids is 2. The van der Waals surface area contributed by atoms with Gasteiger partial charge in [-0.05, 0) is 55.3 Å². The predicted molar refractivity (Wildman–Crippen MR) is 157 cm³/mol. The highest BCUT2D eigenvalue weighted by Gasteiger charge is 2.26. The van der Waals surface area contributed by atoms with Crippen molar-refractivity contribution in [1.29, 1.82) is 0 Å². The average molecular weight is 539 g/mol. The Labute approximate surface area is 233 Å². The number of hydrogen-bond donors (Lipinski definition) is 1. The summed E-state index contributed by atoms with van der Waals surface area (Å²) in [5.74, 6) is 1.11. The molecular formula is C30H34N8O2. The molecule has 0 bridgehead atoms. The first kappa shape index (κ1) is 25.8. The van der Waals surface area contributed by atoms with Crippen LogP contribution in [0.1, 0.15) is 52.6 Å². The van der Waals surface area contributed by atoms with Crippen LogP contribution in [0.5, 0.6) is 0 Å². The van der Waals surface area contributed by atoms with Crippen molar-refractivity contribution in [3.63, 3.8) is 0 Å². The molecule has 1 aliphatic carbocycles. The molecular weight excluding hydrogens is 504 g/mol. The van der Waals surface area contributed by atoms with E-state index in [0.717, 1.165) is 80.6 Å². The molecule has 0 radical (unpaired) electrons. The molecule has 1 aromatic carbocycles. The van der Waals surface area contributed by atoms with Gasteiger partial charge in [-0.15, -0.1) is 0 Å². The number of aldehydes is 1. The van der Waals surface area contributed by atoms with Gasteiger partial charge < -0.3 is 24.6 Å². The first-order chi connectivity index (χ1) is 19.5. The fraction of sp³-hybridized carbons (Fsp3) is 0.367. The predicted octanol–water partition coefficient (Wildman–Crippen LogP) is 4.53. The summed E-state index contributed by atoms with van der Waals surface area (Å²) in [6, 6.07) is 13.9. The Morgan fingerprint density at radius 1 is 0.925 bits per heavy atom. The minimum absolute atomic E-state index is 0.0201. The number of nitrogens with one attached hydrogen (secondary N) is 1. The molecule has 0 atom stereocenters. The maximum absolute atomic E-state index is 13.0. The van der Waals surface area contributed by atoms with E-state index in [1.165, 1.54) is 0 Å². The zero-order valence-corrected chi connectivity index (χ0v) is 23.0. The van der Waals surface area contributed by atoms with Crippen LogP contribution in [-0.2, 0) is 0 Å². The van der Waals surface area contributed by atoms with Crippen molar-refractivity contribution in [3.05, 3.63) is 66.1 Å². The molecule has 206 valence electrons. The van der Waals surface area contributed by atoms with Crippen molar-refractivity contribution in [1.82, 2.24) is 24.4 Å². The summed E-state index contributed by atoms with van der Waals surface area (Å²) in [4.78, 5) is 44.1. The molecule has 1 aliphatic heterocycles. The molecule has 1 N–H and O–H groups in total. The molecule has 1 amide bonds. The molecule has 1 saturated heterocycles. The second kappa shape index (κ2) is 11.0. The number of anilines is 4. The first-order valence-electron chi connectivity index (χ1n) is 13.9. The second-order valence-electron chi connectivity index (χ2n) is 10.7. The van der Waals surface area contributed by atoms with Crippen LogP contribution < -0.4 is 15.1 Å². The van der Waals surface area contributed by atoms with Crippen LogP contribution in [0.3, 0.4) is 0 Å². The van der Waals surface area contributed by atoms with Crippen LogP contribution in [0, 0.1) is 0 Å². The summed E-state index contributed by atoms with van der Waals surface area (Å²) in [6.45, 7) is 3.56. The molecule has 10 heteroatoms. The van der Waals surface area contributed by atoms with Crippen LogP contribution in [0.4, 0.5) is 23.1 Å². The Hall–Kier alpha value is -4.47. The monoisotopic (exact) mass is 538 g/mol. The van der Waals surface area contributed by atoms with Crippen LogP contribution in [-0.4, -0.2) is 76.9 Å². The second-order valence-corrected chi connectivity index (χ2v) is 10.7. The summed E-state index contributed by atoms with van der Waals surface area (Å²) in [6.07, 6.45) is 8.96. The van der Waals surface area contributed by atoms with Gasteiger partial charge in [0.05, 0.1) is 11.9 Å². The van der Waals surface area contributed by atoms with Crippen LogP contribution in [0.2, 0.25) is 0 Å². The molecule has 0 unspecified atom stereocenters. The molecule has 3 aromatic heterocycles. The summed E-state index contributed by atoms with van der Waals surface area (Å²) in [5.41, 5.74) is 4.35. The Morgan fingerprint density at radius 2 is 1.60 bits per heavy atom. The lowest BCUT2D eigenvalue weighted by molar-refractivity contribution is 0.0815. The van der Waals surface area contributed by atoms with Crippen molar-refractivity contribution in [2.75, 3.05) is 55.4 Å². The van der Waals surface area contributed by atoms with Gasteiger partial charge in [0.1, 0.15) is 23.4 Å². The first-order valence-corrected chi connectivity index (χ1v) is 13.9. The summed E-state index contributed by atoms with van der Waals surface area (Å²) < 4.78 is 2.12. The summed E-state index contributed by atoms with van der Waals surface area (Å²) in [7, 11) is 3.56. The highest BCUT2D eigenvalue weighted by atomic mass is 16.2. The number of piperazine rings is 1. The molecule has 2 fully saturated rings. The molecule has 4 aromatic rings. The number of nitrogens with zero attached hydrogens (tertiary/aromatic N) is 7. The maximum atomic E-state index is 13.0. The van der Waals surface area contributed by atoms with Crippen LogP contribution >= 0.6 is 0 Å². The van der Waals surface area contributed by atoms with E-state index in [9.17, 15) is 9.59 Å². The standard InChI is InChI=1S/C30H34N8O2/c1-35(2)29(40)26-17-22-18-32-30(34-28(22)38(26)24-5-3-4-6-24)33-27-12-11-25(19-31-27)37-15-13-36(14-16-37)23-9-7-21(20-39)8-10-23/h7-12,17-20,24H,3-6,13-16H2,1-2H3,(H,31,32,33,34). The summed E-state index contributed by atoms with van der Waals surface area (Å²) >= 11 is 0. The van der Waals surface area contributed by atoms with Gasteiger partial charge in [0.15, 0.2) is 0 Å². The number of amides is 1. The number of hydrogen-bond acceptors (Lipinski definition) is 8. The smallest absolute Gasteiger partial charge is 0.270 e. The van der Waals surface area contributed by atoms with Crippen molar-refractivity contribution < 1.29 is 9.59 Å². The highest BCUT2D eigenvalue weighted by Crippen LogP contribution is 2.35. The van der Waals surface area contributed by atoms with Gasteiger partial charge in [-0.3, -0.25) is 9.59 Å². The van der Waals surface area contributed by atoms with Crippen molar-refractivity contribution in [2.45, 2.75) is 31.7 Å². The highest BCUT2D eigenvalue weighted by molar-refractivity contribution is 5.98. The van der Waals surface area contributed by atoms with Gasteiger partial charge in [0.25, 0.3) is 5.91 Å². The van der Waals surface area contributed by atoms with Crippen LogP contribution in [0.15, 0.2) is 54.9 Å². The van der Waals surface area contributed by atoms with Gasteiger partial charge in [-0.2, -0.15) is 4.98 Å². The van der Waals surface area contributed by atoms with E-state index in [-0.39, 0.29) is 11.9 Å². The van der Waals surface area contributed by atoms with Gasteiger partial charge in [0, 0.05) is 69.2 Å². The molecule has 0 spiro atoms. The number of fused-ring (bicyclic) bond motifs is 1. The number of aromatic nitrogens is 4. The van der Waals surface area contributed by atoms with Crippen LogP contribution in [0.25, 0.3) is 11.0 Å². The zero-order chi connectivity index (χ0) is 27.6. The number of rotatable bonds is 7. The average Bonchev–Trinajstić information content (AvgIpc) is 3.65. The largest absolute Gasteiger partial charge is 0.368 e. The van der Waals surface area contributed by atoms with E-state index in [1.54, 1.807) is 25.2 Å². The lowest BCUT2D eigenvalue weighted by Gasteiger charge is -2.37. The Morgan fingerprint density at radius 3 is 2.23 bits per heavy atom. The van der Waals surface area contributed by atoms with E-state index in [4.69, 9.17) is 4.98 Å². The number of pyridine rings is 1. The Balaban J connectivity index is 1.15. The van der Waals surface area contributed by atoms with E-state index in [0.29, 0.717) is 23.0 Å². The number of benzene rings is 1. The third-order valence-electron chi connectivity index (χ3n) is 7.92. The van der Waals surface area contributed by atoms with E-state index in [1.807, 2.05) is 42.6 Å². The fourth-order valence-electron chi connectivity index (χ4n) is 5.74. The molecule has 4 heterocycles. The summed E-state index contributed by atoms with van der Waals surface area (Å²) in [5, 5.41) is 4.12. The van der Waals surface area contributed by atoms with Crippen molar-refractivity contribution in [2.24, 2.45) is 0 Å². The van der Waals surface area contributed by atoms with Gasteiger partial charge in [-0.25, -0.2) is 9.97 Å². The van der Waals surface area contributed by atoms with E-state index in [2.05, 4.69) is 35.7 Å². The molecule has 1 saturated carbocycles. The quantitative estimate of drug-likeness (QED) is 0.343. The minimum atomic E-state index is -0.0201. The molecule has 10 nitrogen and oxygen atoms in total. The molecule has 2 aliphatic rings. The third-order valence-corrected chi connectivity index (χ3v) is 7.92. The van der Waals surface area contributed by atoms with Gasteiger partial charge >= 0.3 is 0 Å². The Kier molecular flexibility index (Phi) is 7.06. The normalized spacial score (nSPS) is 15.9. The van der Waals surface area contributed by atoms with Gasteiger partial charge in [-0.1, -0.05) is 12.8 Å². The molecule has 40 heavy (non-hydrogen) atoms. The van der Waals surface area contributed by atoms with Crippen molar-refractivity contribution >= 4 is 46.4 Å².